The van der Waals surface area contributed by atoms with E-state index in [0.29, 0.717) is 17.7 Å². The highest BCUT2D eigenvalue weighted by Gasteiger charge is 2.20. The number of rotatable bonds is 6. The fraction of sp³-hybridized carbons (Fsp3) is 0.357. The van der Waals surface area contributed by atoms with Crippen LogP contribution < -0.4 is 5.73 Å². The smallest absolute Gasteiger partial charge is 0.328 e. The predicted octanol–water partition coefficient (Wildman–Crippen LogP) is 1.88. The van der Waals surface area contributed by atoms with Crippen molar-refractivity contribution in [3.05, 3.63) is 24.0 Å². The van der Waals surface area contributed by atoms with Crippen LogP contribution in [0.1, 0.15) is 30.6 Å². The van der Waals surface area contributed by atoms with Crippen LogP contribution in [-0.2, 0) is 16.1 Å². The van der Waals surface area contributed by atoms with E-state index in [0.717, 1.165) is 6.42 Å². The summed E-state index contributed by atoms with van der Waals surface area (Å²) in [5, 5.41) is 4.16. The molecule has 0 saturated heterocycles. The quantitative estimate of drug-likeness (QED) is 0.644. The number of aldehydes is 1. The van der Waals surface area contributed by atoms with E-state index in [-0.39, 0.29) is 24.0 Å². The van der Waals surface area contributed by atoms with E-state index in [2.05, 4.69) is 5.10 Å². The summed E-state index contributed by atoms with van der Waals surface area (Å²) in [6, 6.07) is 3.34. The Morgan fingerprint density at radius 2 is 2.38 bits per heavy atom. The first-order valence-corrected chi connectivity index (χ1v) is 6.61. The first-order valence-electron chi connectivity index (χ1n) is 6.61. The standard InChI is InChI=1S/C14H17N3O4/c1-3-9(2)21-12(19)7-17-14(15)10(8-18)13(16-17)11-5-4-6-20-11/h4-6,8-9H,3,7,15H2,1-2H3. The van der Waals surface area contributed by atoms with Crippen LogP contribution in [0.3, 0.4) is 0 Å². The fourth-order valence-electron chi connectivity index (χ4n) is 1.79. The SMILES string of the molecule is CCC(C)OC(=O)Cn1nc(-c2ccco2)c(C=O)c1N. The van der Waals surface area contributed by atoms with Crippen molar-refractivity contribution in [1.29, 1.82) is 0 Å². The Morgan fingerprint density at radius 3 is 2.95 bits per heavy atom. The van der Waals surface area contributed by atoms with Gasteiger partial charge in [-0.3, -0.25) is 9.59 Å². The summed E-state index contributed by atoms with van der Waals surface area (Å²) in [5.74, 6) is 0.0670. The van der Waals surface area contributed by atoms with Gasteiger partial charge in [0.2, 0.25) is 0 Å². The average Bonchev–Trinajstić information content (AvgIpc) is 3.07. The van der Waals surface area contributed by atoms with Gasteiger partial charge in [0.05, 0.1) is 17.9 Å². The van der Waals surface area contributed by atoms with Gasteiger partial charge in [-0.05, 0) is 25.5 Å². The summed E-state index contributed by atoms with van der Waals surface area (Å²) in [6.07, 6.45) is 2.61. The molecule has 2 aromatic rings. The summed E-state index contributed by atoms with van der Waals surface area (Å²) >= 11 is 0. The summed E-state index contributed by atoms with van der Waals surface area (Å²) < 4.78 is 11.6. The summed E-state index contributed by atoms with van der Waals surface area (Å²) in [5.41, 5.74) is 6.36. The zero-order chi connectivity index (χ0) is 15.4. The lowest BCUT2D eigenvalue weighted by molar-refractivity contribution is -0.149. The molecule has 0 aliphatic heterocycles. The van der Waals surface area contributed by atoms with Gasteiger partial charge >= 0.3 is 5.97 Å². The summed E-state index contributed by atoms with van der Waals surface area (Å²) in [7, 11) is 0. The molecule has 0 fully saturated rings. The molecular formula is C14H17N3O4. The number of nitrogens with two attached hydrogens (primary N) is 1. The highest BCUT2D eigenvalue weighted by molar-refractivity contribution is 5.90. The number of carbonyl (C=O) groups is 2. The normalized spacial score (nSPS) is 12.1. The van der Waals surface area contributed by atoms with Crippen molar-refractivity contribution in [2.24, 2.45) is 0 Å². The number of nitrogens with zero attached hydrogens (tertiary/aromatic N) is 2. The summed E-state index contributed by atoms with van der Waals surface area (Å²) in [6.45, 7) is 3.56. The van der Waals surface area contributed by atoms with E-state index < -0.39 is 5.97 Å². The second kappa shape index (κ2) is 6.25. The number of anilines is 1. The van der Waals surface area contributed by atoms with Crippen LogP contribution in [-0.4, -0.2) is 28.1 Å². The topological polar surface area (TPSA) is 100 Å². The number of aromatic nitrogens is 2. The number of carbonyl (C=O) groups excluding carboxylic acids is 2. The Hall–Kier alpha value is -2.57. The van der Waals surface area contributed by atoms with E-state index in [4.69, 9.17) is 14.9 Å². The van der Waals surface area contributed by atoms with Crippen LogP contribution in [0.15, 0.2) is 22.8 Å². The average molecular weight is 291 g/mol. The molecule has 1 unspecified atom stereocenters. The van der Waals surface area contributed by atoms with Crippen LogP contribution in [0.25, 0.3) is 11.5 Å². The van der Waals surface area contributed by atoms with Crippen molar-refractivity contribution < 1.29 is 18.7 Å². The number of nitrogen functional groups attached to an aromatic ring is 1. The molecule has 0 saturated carbocycles. The molecule has 0 aromatic carbocycles. The van der Waals surface area contributed by atoms with Crippen LogP contribution in [0.2, 0.25) is 0 Å². The van der Waals surface area contributed by atoms with Crippen molar-refractivity contribution in [3.63, 3.8) is 0 Å². The Bertz CT molecular complexity index is 631. The van der Waals surface area contributed by atoms with Crippen molar-refractivity contribution in [3.8, 4) is 11.5 Å². The van der Waals surface area contributed by atoms with Gasteiger partial charge in [-0.15, -0.1) is 0 Å². The number of esters is 1. The molecule has 1 atom stereocenters. The zero-order valence-corrected chi connectivity index (χ0v) is 11.9. The van der Waals surface area contributed by atoms with Crippen LogP contribution in [0, 0.1) is 0 Å². The second-order valence-corrected chi connectivity index (χ2v) is 4.61. The second-order valence-electron chi connectivity index (χ2n) is 4.61. The van der Waals surface area contributed by atoms with Gasteiger partial charge in [-0.2, -0.15) is 5.10 Å². The first kappa shape index (κ1) is 14.8. The molecular weight excluding hydrogens is 274 g/mol. The lowest BCUT2D eigenvalue weighted by Crippen LogP contribution is -2.20. The lowest BCUT2D eigenvalue weighted by Gasteiger charge is -2.11. The van der Waals surface area contributed by atoms with Crippen molar-refractivity contribution >= 4 is 18.1 Å². The van der Waals surface area contributed by atoms with E-state index in [1.165, 1.54) is 10.9 Å². The molecule has 0 spiro atoms. The van der Waals surface area contributed by atoms with Crippen LogP contribution >= 0.6 is 0 Å². The van der Waals surface area contributed by atoms with E-state index >= 15 is 0 Å². The minimum absolute atomic E-state index is 0.109. The largest absolute Gasteiger partial charge is 0.463 e. The van der Waals surface area contributed by atoms with Gasteiger partial charge in [-0.25, -0.2) is 4.68 Å². The van der Waals surface area contributed by atoms with Gasteiger partial charge < -0.3 is 14.9 Å². The van der Waals surface area contributed by atoms with Crippen LogP contribution in [0.4, 0.5) is 5.82 Å². The van der Waals surface area contributed by atoms with Gasteiger partial charge in [0, 0.05) is 0 Å². The van der Waals surface area contributed by atoms with E-state index in [1.54, 1.807) is 19.1 Å². The third kappa shape index (κ3) is 3.13. The lowest BCUT2D eigenvalue weighted by atomic mass is 10.2. The minimum Gasteiger partial charge on any atom is -0.463 e. The molecule has 2 aromatic heterocycles. The van der Waals surface area contributed by atoms with Crippen molar-refractivity contribution in [1.82, 2.24) is 9.78 Å². The Balaban J connectivity index is 2.25. The maximum Gasteiger partial charge on any atom is 0.328 e. The molecule has 0 bridgehead atoms. The maximum absolute atomic E-state index is 11.8. The van der Waals surface area contributed by atoms with E-state index in [9.17, 15) is 9.59 Å². The molecule has 0 aliphatic carbocycles. The monoisotopic (exact) mass is 291 g/mol. The summed E-state index contributed by atoms with van der Waals surface area (Å²) in [4.78, 5) is 23.0. The molecule has 2 rings (SSSR count). The number of hydrogen-bond acceptors (Lipinski definition) is 6. The molecule has 112 valence electrons. The molecule has 7 heteroatoms. The van der Waals surface area contributed by atoms with Crippen molar-refractivity contribution in [2.75, 3.05) is 5.73 Å². The molecule has 21 heavy (non-hydrogen) atoms. The Kier molecular flexibility index (Phi) is 4.42. The first-order chi connectivity index (χ1) is 10.1. The molecule has 7 nitrogen and oxygen atoms in total. The molecule has 0 amide bonds. The molecule has 2 N–H and O–H groups in total. The molecule has 2 heterocycles. The number of ether oxygens (including phenoxy) is 1. The van der Waals surface area contributed by atoms with Crippen LogP contribution in [0.5, 0.6) is 0 Å². The third-order valence-electron chi connectivity index (χ3n) is 3.09. The molecule has 0 radical (unpaired) electrons. The minimum atomic E-state index is -0.456. The molecule has 0 aliphatic rings. The van der Waals surface area contributed by atoms with Gasteiger partial charge in [0.25, 0.3) is 0 Å². The van der Waals surface area contributed by atoms with Gasteiger partial charge in [0.1, 0.15) is 18.1 Å². The Morgan fingerprint density at radius 1 is 1.62 bits per heavy atom. The number of hydrogen-bond donors (Lipinski definition) is 1. The van der Waals surface area contributed by atoms with Crippen molar-refractivity contribution in [2.45, 2.75) is 32.9 Å². The Labute approximate surface area is 121 Å². The predicted molar refractivity (Wildman–Crippen MR) is 75.6 cm³/mol. The number of furan rings is 1. The van der Waals surface area contributed by atoms with Gasteiger partial charge in [-0.1, -0.05) is 6.92 Å². The van der Waals surface area contributed by atoms with Gasteiger partial charge in [0.15, 0.2) is 12.0 Å². The fourth-order valence-corrected chi connectivity index (χ4v) is 1.79. The third-order valence-corrected chi connectivity index (χ3v) is 3.09. The zero-order valence-electron chi connectivity index (χ0n) is 11.9. The highest BCUT2D eigenvalue weighted by atomic mass is 16.5. The van der Waals surface area contributed by atoms with E-state index in [1.807, 2.05) is 6.92 Å². The maximum atomic E-state index is 11.8. The highest BCUT2D eigenvalue weighted by Crippen LogP contribution is 2.26.